The number of hydrogen-bond acceptors (Lipinski definition) is 2. The van der Waals surface area contributed by atoms with E-state index in [1.165, 1.54) is 11.1 Å². The van der Waals surface area contributed by atoms with Gasteiger partial charge in [0.2, 0.25) is 0 Å². The van der Waals surface area contributed by atoms with Gasteiger partial charge in [0.25, 0.3) is 0 Å². The second-order valence-electron chi connectivity index (χ2n) is 4.92. The first-order valence-corrected chi connectivity index (χ1v) is 7.01. The highest BCUT2D eigenvalue weighted by Gasteiger charge is 2.11. The van der Waals surface area contributed by atoms with Crippen LogP contribution in [0.3, 0.4) is 0 Å². The summed E-state index contributed by atoms with van der Waals surface area (Å²) in [5, 5.41) is 3.31. The van der Waals surface area contributed by atoms with E-state index in [4.69, 9.17) is 0 Å². The van der Waals surface area contributed by atoms with Gasteiger partial charge in [0, 0.05) is 31.4 Å². The van der Waals surface area contributed by atoms with Crippen molar-refractivity contribution in [2.45, 2.75) is 39.3 Å². The molecule has 1 unspecified atom stereocenters. The van der Waals surface area contributed by atoms with Gasteiger partial charge in [-0.25, -0.2) is 4.98 Å². The van der Waals surface area contributed by atoms with Crippen LogP contribution in [0.5, 0.6) is 0 Å². The van der Waals surface area contributed by atoms with E-state index in [0.29, 0.717) is 6.04 Å². The average Bonchev–Trinajstić information content (AvgIpc) is 2.86. The summed E-state index contributed by atoms with van der Waals surface area (Å²) in [5.74, 6) is 1.15. The number of imidazole rings is 1. The molecule has 1 heterocycles. The van der Waals surface area contributed by atoms with Crippen LogP contribution in [0.1, 0.15) is 43.3 Å². The maximum Gasteiger partial charge on any atom is 0.113 e. The lowest BCUT2D eigenvalue weighted by Crippen LogP contribution is -2.15. The van der Waals surface area contributed by atoms with Crippen LogP contribution in [0, 0.1) is 0 Å². The molecule has 19 heavy (non-hydrogen) atoms. The van der Waals surface area contributed by atoms with Crippen LogP contribution in [-0.2, 0) is 13.0 Å². The Bertz CT molecular complexity index is 516. The second kappa shape index (κ2) is 6.53. The van der Waals surface area contributed by atoms with Gasteiger partial charge in [-0.2, -0.15) is 0 Å². The van der Waals surface area contributed by atoms with Crippen LogP contribution in [-0.4, -0.2) is 16.6 Å². The summed E-state index contributed by atoms with van der Waals surface area (Å²) in [6.45, 7) is 5.43. The Morgan fingerprint density at radius 2 is 2.11 bits per heavy atom. The number of aromatic nitrogens is 2. The summed E-state index contributed by atoms with van der Waals surface area (Å²) in [6, 6.07) is 8.97. The summed E-state index contributed by atoms with van der Waals surface area (Å²) in [7, 11) is 2.00. The molecule has 0 amide bonds. The van der Waals surface area contributed by atoms with Gasteiger partial charge in [0.05, 0.1) is 0 Å². The van der Waals surface area contributed by atoms with Crippen LogP contribution in [0.2, 0.25) is 0 Å². The van der Waals surface area contributed by atoms with E-state index < -0.39 is 0 Å². The summed E-state index contributed by atoms with van der Waals surface area (Å²) in [4.78, 5) is 4.50. The number of hydrogen-bond donors (Lipinski definition) is 1. The molecule has 2 aromatic rings. The van der Waals surface area contributed by atoms with Gasteiger partial charge in [-0.1, -0.05) is 31.2 Å². The molecule has 1 atom stereocenters. The zero-order valence-corrected chi connectivity index (χ0v) is 12.1. The summed E-state index contributed by atoms with van der Waals surface area (Å²) >= 11 is 0. The van der Waals surface area contributed by atoms with Crippen LogP contribution < -0.4 is 5.32 Å². The Kier molecular flexibility index (Phi) is 4.74. The minimum atomic E-state index is 0.366. The largest absolute Gasteiger partial charge is 0.335 e. The van der Waals surface area contributed by atoms with Crippen molar-refractivity contribution in [3.05, 3.63) is 53.6 Å². The molecule has 102 valence electrons. The smallest absolute Gasteiger partial charge is 0.113 e. The molecule has 2 rings (SSSR count). The van der Waals surface area contributed by atoms with Crippen molar-refractivity contribution in [1.82, 2.24) is 14.9 Å². The highest BCUT2D eigenvalue weighted by Crippen LogP contribution is 2.20. The minimum Gasteiger partial charge on any atom is -0.335 e. The van der Waals surface area contributed by atoms with E-state index >= 15 is 0 Å². The molecular weight excluding hydrogens is 234 g/mol. The van der Waals surface area contributed by atoms with E-state index in [1.54, 1.807) is 0 Å². The molecule has 0 aliphatic carbocycles. The molecular formula is C16H23N3. The molecule has 3 nitrogen and oxygen atoms in total. The van der Waals surface area contributed by atoms with Crippen molar-refractivity contribution in [1.29, 1.82) is 0 Å². The third kappa shape index (κ3) is 3.24. The lowest BCUT2D eigenvalue weighted by atomic mass is 9.99. The lowest BCUT2D eigenvalue weighted by Gasteiger charge is -2.16. The van der Waals surface area contributed by atoms with Crippen molar-refractivity contribution >= 4 is 0 Å². The van der Waals surface area contributed by atoms with E-state index in [9.17, 15) is 0 Å². The predicted molar refractivity (Wildman–Crippen MR) is 79.2 cm³/mol. The van der Waals surface area contributed by atoms with Gasteiger partial charge in [0.15, 0.2) is 0 Å². The SMILES string of the molecule is CCCn1ccnc1Cc1ccccc1C(C)NC. The Balaban J connectivity index is 2.25. The van der Waals surface area contributed by atoms with Crippen LogP contribution in [0.15, 0.2) is 36.7 Å². The van der Waals surface area contributed by atoms with Gasteiger partial charge in [0.1, 0.15) is 5.82 Å². The molecule has 0 bridgehead atoms. The van der Waals surface area contributed by atoms with Crippen molar-refractivity contribution in [2.75, 3.05) is 7.05 Å². The molecule has 1 aromatic carbocycles. The molecule has 0 aliphatic heterocycles. The fraction of sp³-hybridized carbons (Fsp3) is 0.438. The third-order valence-electron chi connectivity index (χ3n) is 3.57. The molecule has 0 saturated carbocycles. The fourth-order valence-corrected chi connectivity index (χ4v) is 2.40. The summed E-state index contributed by atoms with van der Waals surface area (Å²) in [6.07, 6.45) is 6.01. The maximum atomic E-state index is 4.50. The van der Waals surface area contributed by atoms with Crippen molar-refractivity contribution in [2.24, 2.45) is 0 Å². The topological polar surface area (TPSA) is 29.9 Å². The van der Waals surface area contributed by atoms with Gasteiger partial charge < -0.3 is 9.88 Å². The van der Waals surface area contributed by atoms with Crippen LogP contribution >= 0.6 is 0 Å². The van der Waals surface area contributed by atoms with E-state index in [2.05, 4.69) is 59.2 Å². The molecule has 0 fully saturated rings. The average molecular weight is 257 g/mol. The zero-order valence-electron chi connectivity index (χ0n) is 12.1. The van der Waals surface area contributed by atoms with Crippen molar-refractivity contribution in [3.8, 4) is 0 Å². The highest BCUT2D eigenvalue weighted by atomic mass is 15.1. The predicted octanol–water partition coefficient (Wildman–Crippen LogP) is 3.16. The zero-order chi connectivity index (χ0) is 13.7. The maximum absolute atomic E-state index is 4.50. The Labute approximate surface area is 115 Å². The van der Waals surface area contributed by atoms with Crippen molar-refractivity contribution in [3.63, 3.8) is 0 Å². The molecule has 0 radical (unpaired) electrons. The molecule has 0 spiro atoms. The van der Waals surface area contributed by atoms with E-state index in [0.717, 1.165) is 25.2 Å². The number of rotatable bonds is 6. The Morgan fingerprint density at radius 3 is 2.84 bits per heavy atom. The first-order valence-electron chi connectivity index (χ1n) is 7.01. The molecule has 0 saturated heterocycles. The fourth-order valence-electron chi connectivity index (χ4n) is 2.40. The monoisotopic (exact) mass is 257 g/mol. The normalized spacial score (nSPS) is 12.6. The number of benzene rings is 1. The quantitative estimate of drug-likeness (QED) is 0.861. The van der Waals surface area contributed by atoms with Gasteiger partial charge in [-0.15, -0.1) is 0 Å². The van der Waals surface area contributed by atoms with Crippen LogP contribution in [0.25, 0.3) is 0 Å². The molecule has 1 N–H and O–H groups in total. The standard InChI is InChI=1S/C16H23N3/c1-4-10-19-11-9-18-16(19)12-14-7-5-6-8-15(14)13(2)17-3/h5-9,11,13,17H,4,10,12H2,1-3H3. The first kappa shape index (κ1) is 13.8. The van der Waals surface area contributed by atoms with Gasteiger partial charge in [-0.05, 0) is 31.5 Å². The second-order valence-corrected chi connectivity index (χ2v) is 4.92. The third-order valence-corrected chi connectivity index (χ3v) is 3.57. The number of nitrogens with zero attached hydrogens (tertiary/aromatic N) is 2. The van der Waals surface area contributed by atoms with Crippen LogP contribution in [0.4, 0.5) is 0 Å². The van der Waals surface area contributed by atoms with Gasteiger partial charge in [-0.3, -0.25) is 0 Å². The first-order chi connectivity index (χ1) is 9.26. The minimum absolute atomic E-state index is 0.366. The lowest BCUT2D eigenvalue weighted by molar-refractivity contribution is 0.631. The Hall–Kier alpha value is -1.61. The highest BCUT2D eigenvalue weighted by molar-refractivity contribution is 5.32. The molecule has 1 aromatic heterocycles. The van der Waals surface area contributed by atoms with E-state index in [1.807, 2.05) is 13.2 Å². The summed E-state index contributed by atoms with van der Waals surface area (Å²) in [5.41, 5.74) is 2.71. The Morgan fingerprint density at radius 1 is 1.32 bits per heavy atom. The number of aryl methyl sites for hydroxylation is 1. The summed E-state index contributed by atoms with van der Waals surface area (Å²) < 4.78 is 2.25. The van der Waals surface area contributed by atoms with Crippen molar-refractivity contribution < 1.29 is 0 Å². The molecule has 0 aliphatic rings. The van der Waals surface area contributed by atoms with E-state index in [-0.39, 0.29) is 0 Å². The molecule has 3 heteroatoms. The number of nitrogens with one attached hydrogen (secondary N) is 1. The van der Waals surface area contributed by atoms with Gasteiger partial charge >= 0.3 is 0 Å².